The van der Waals surface area contributed by atoms with Gasteiger partial charge in [-0.1, -0.05) is 26.8 Å². The van der Waals surface area contributed by atoms with Gasteiger partial charge in [0.25, 0.3) is 15.9 Å². The summed E-state index contributed by atoms with van der Waals surface area (Å²) in [6.45, 7) is 14.2. The number of hydrogen-bond donors (Lipinski definition) is 2. The number of sulfonamides is 1. The minimum atomic E-state index is -4.25. The molecule has 3 aromatic rings. The number of carbonyl (C=O) groups excluding carboxylic acids is 1. The van der Waals surface area contributed by atoms with Gasteiger partial charge in [-0.2, -0.15) is 8.42 Å². The molecule has 0 spiro atoms. The number of nitrogen functional groups attached to an aromatic ring is 1. The first-order chi connectivity index (χ1) is 18.7. The van der Waals surface area contributed by atoms with Crippen molar-refractivity contribution in [1.29, 1.82) is 0 Å². The molecule has 0 aliphatic carbocycles. The summed E-state index contributed by atoms with van der Waals surface area (Å²) in [4.78, 5) is 31.3. The van der Waals surface area contributed by atoms with E-state index in [1.165, 1.54) is 18.2 Å². The largest absolute Gasteiger partial charge is 0.384 e. The molecule has 3 aromatic heterocycles. The zero-order valence-corrected chi connectivity index (χ0v) is 25.1. The topological polar surface area (TPSA) is 134 Å². The van der Waals surface area contributed by atoms with E-state index >= 15 is 0 Å². The number of rotatable bonds is 8. The van der Waals surface area contributed by atoms with Gasteiger partial charge in [0.1, 0.15) is 17.5 Å². The molecule has 0 saturated carbocycles. The van der Waals surface area contributed by atoms with Gasteiger partial charge in [-0.15, -0.1) is 0 Å². The summed E-state index contributed by atoms with van der Waals surface area (Å²) < 4.78 is 28.1. The van der Waals surface area contributed by atoms with E-state index in [1.54, 1.807) is 12.1 Å². The van der Waals surface area contributed by atoms with Crippen LogP contribution in [0, 0.1) is 18.8 Å². The van der Waals surface area contributed by atoms with Crippen LogP contribution >= 0.6 is 0 Å². The number of anilines is 3. The third-order valence-corrected chi connectivity index (χ3v) is 8.92. The van der Waals surface area contributed by atoms with Gasteiger partial charge in [0.15, 0.2) is 5.03 Å². The lowest BCUT2D eigenvalue weighted by atomic mass is 9.90. The number of nitrogens with two attached hydrogens (primary N) is 1. The number of amides is 1. The standard InChI is InChI=1S/C29H39N7O3S/c1-18(2)17-35(7)25-14-12-21(20(4)31-25)23-13-11-22(27(32-23)36-16-15-19(3)29(36,5)6)28(37)34-40(38,39)26-10-8-9-24(30)33-26/h8-14,18-19H,15-17H2,1-7H3,(H2,30,33)(H,34,37). The normalized spacial score (nSPS) is 16.8. The Morgan fingerprint density at radius 3 is 2.48 bits per heavy atom. The zero-order valence-electron chi connectivity index (χ0n) is 24.3. The van der Waals surface area contributed by atoms with Crippen molar-refractivity contribution in [2.24, 2.45) is 11.8 Å². The third-order valence-electron chi connectivity index (χ3n) is 7.69. The van der Waals surface area contributed by atoms with E-state index in [9.17, 15) is 13.2 Å². The average molecular weight is 566 g/mol. The molecule has 1 fully saturated rings. The number of aromatic nitrogens is 3. The second-order valence-corrected chi connectivity index (χ2v) is 13.1. The molecule has 10 nitrogen and oxygen atoms in total. The number of carbonyl (C=O) groups is 1. The monoisotopic (exact) mass is 565 g/mol. The molecule has 3 N–H and O–H groups in total. The predicted molar refractivity (Wildman–Crippen MR) is 159 cm³/mol. The van der Waals surface area contributed by atoms with Crippen molar-refractivity contribution in [3.8, 4) is 11.3 Å². The number of hydrogen-bond acceptors (Lipinski definition) is 9. The minimum absolute atomic E-state index is 0.0419. The van der Waals surface area contributed by atoms with Crippen molar-refractivity contribution in [2.45, 2.75) is 58.5 Å². The van der Waals surface area contributed by atoms with Crippen molar-refractivity contribution in [3.05, 3.63) is 53.7 Å². The maximum absolute atomic E-state index is 13.5. The van der Waals surface area contributed by atoms with E-state index in [0.29, 0.717) is 29.9 Å². The summed E-state index contributed by atoms with van der Waals surface area (Å²) in [5.41, 5.74) is 7.84. The molecule has 1 atom stereocenters. The first-order valence-corrected chi connectivity index (χ1v) is 15.0. The first kappa shape index (κ1) is 29.3. The smallest absolute Gasteiger partial charge is 0.281 e. The van der Waals surface area contributed by atoms with Gasteiger partial charge in [0, 0.05) is 36.9 Å². The molecule has 0 bridgehead atoms. The second-order valence-electron chi connectivity index (χ2n) is 11.5. The fourth-order valence-corrected chi connectivity index (χ4v) is 6.01. The Morgan fingerprint density at radius 1 is 1.15 bits per heavy atom. The molecule has 1 unspecified atom stereocenters. The van der Waals surface area contributed by atoms with Crippen LogP contribution in [0.3, 0.4) is 0 Å². The molecule has 1 aliphatic rings. The number of nitrogens with zero attached hydrogens (tertiary/aromatic N) is 5. The van der Waals surface area contributed by atoms with Crippen LogP contribution in [0.4, 0.5) is 17.5 Å². The highest BCUT2D eigenvalue weighted by Gasteiger charge is 2.41. The molecular formula is C29H39N7O3S. The van der Waals surface area contributed by atoms with Crippen LogP contribution in [0.15, 0.2) is 47.5 Å². The molecule has 1 saturated heterocycles. The van der Waals surface area contributed by atoms with Gasteiger partial charge in [-0.25, -0.2) is 19.7 Å². The van der Waals surface area contributed by atoms with E-state index in [-0.39, 0.29) is 21.9 Å². The Kier molecular flexibility index (Phi) is 8.07. The Balaban J connectivity index is 1.75. The minimum Gasteiger partial charge on any atom is -0.384 e. The molecule has 11 heteroatoms. The van der Waals surface area contributed by atoms with Crippen LogP contribution in [0.5, 0.6) is 0 Å². The van der Waals surface area contributed by atoms with E-state index in [4.69, 9.17) is 15.7 Å². The Morgan fingerprint density at radius 2 is 1.88 bits per heavy atom. The van der Waals surface area contributed by atoms with Gasteiger partial charge in [-0.3, -0.25) is 4.79 Å². The predicted octanol–water partition coefficient (Wildman–Crippen LogP) is 4.26. The highest BCUT2D eigenvalue weighted by Crippen LogP contribution is 2.39. The van der Waals surface area contributed by atoms with Crippen LogP contribution in [0.1, 0.15) is 57.1 Å². The lowest BCUT2D eigenvalue weighted by molar-refractivity contribution is 0.0981. The average Bonchev–Trinajstić information content (AvgIpc) is 3.14. The van der Waals surface area contributed by atoms with Crippen LogP contribution in [0.2, 0.25) is 0 Å². The van der Waals surface area contributed by atoms with Crippen molar-refractivity contribution < 1.29 is 13.2 Å². The SMILES string of the molecule is Cc1nc(N(C)CC(C)C)ccc1-c1ccc(C(=O)NS(=O)(=O)c2cccc(N)n2)c(N2CCC(C)C2(C)C)n1. The van der Waals surface area contributed by atoms with Gasteiger partial charge in [0.05, 0.1) is 11.3 Å². The Bertz CT molecular complexity index is 1520. The summed E-state index contributed by atoms with van der Waals surface area (Å²) in [6.07, 6.45) is 0.920. The van der Waals surface area contributed by atoms with Crippen molar-refractivity contribution in [2.75, 3.05) is 35.7 Å². The summed E-state index contributed by atoms with van der Waals surface area (Å²) in [7, 11) is -2.23. The molecule has 1 amide bonds. The molecule has 40 heavy (non-hydrogen) atoms. The van der Waals surface area contributed by atoms with E-state index in [2.05, 4.69) is 54.1 Å². The molecule has 4 rings (SSSR count). The zero-order chi connectivity index (χ0) is 29.4. The van der Waals surface area contributed by atoms with Crippen LogP contribution in [0.25, 0.3) is 11.3 Å². The molecule has 214 valence electrons. The highest BCUT2D eigenvalue weighted by atomic mass is 32.2. The molecule has 0 aromatic carbocycles. The molecular weight excluding hydrogens is 526 g/mol. The van der Waals surface area contributed by atoms with Crippen molar-refractivity contribution in [3.63, 3.8) is 0 Å². The van der Waals surface area contributed by atoms with Gasteiger partial charge < -0.3 is 15.5 Å². The summed E-state index contributed by atoms with van der Waals surface area (Å²) in [6, 6.07) is 11.6. The molecule has 0 radical (unpaired) electrons. The van der Waals surface area contributed by atoms with E-state index in [1.807, 2.05) is 26.1 Å². The van der Waals surface area contributed by atoms with Crippen LogP contribution < -0.4 is 20.3 Å². The quantitative estimate of drug-likeness (QED) is 0.411. The fourth-order valence-electron chi connectivity index (χ4n) is 5.07. The number of pyridine rings is 3. The summed E-state index contributed by atoms with van der Waals surface area (Å²) in [5, 5.41) is -0.327. The van der Waals surface area contributed by atoms with Crippen molar-refractivity contribution >= 4 is 33.4 Å². The van der Waals surface area contributed by atoms with Crippen LogP contribution in [-0.4, -0.2) is 55.0 Å². The highest BCUT2D eigenvalue weighted by molar-refractivity contribution is 7.90. The van der Waals surface area contributed by atoms with Gasteiger partial charge in [-0.05, 0) is 75.4 Å². The van der Waals surface area contributed by atoms with E-state index < -0.39 is 15.9 Å². The number of nitrogens with one attached hydrogen (secondary N) is 1. The van der Waals surface area contributed by atoms with Crippen molar-refractivity contribution in [1.82, 2.24) is 19.7 Å². The lowest BCUT2D eigenvalue weighted by Crippen LogP contribution is -2.43. The Hall–Kier alpha value is -3.73. The maximum atomic E-state index is 13.5. The first-order valence-electron chi connectivity index (χ1n) is 13.5. The molecule has 1 aliphatic heterocycles. The van der Waals surface area contributed by atoms with Crippen LogP contribution in [-0.2, 0) is 10.0 Å². The maximum Gasteiger partial charge on any atom is 0.281 e. The van der Waals surface area contributed by atoms with Gasteiger partial charge >= 0.3 is 0 Å². The number of aryl methyl sites for hydroxylation is 1. The third kappa shape index (κ3) is 5.89. The lowest BCUT2D eigenvalue weighted by Gasteiger charge is -2.36. The fraction of sp³-hybridized carbons (Fsp3) is 0.448. The summed E-state index contributed by atoms with van der Waals surface area (Å²) >= 11 is 0. The Labute approximate surface area is 237 Å². The van der Waals surface area contributed by atoms with Gasteiger partial charge in [0.2, 0.25) is 0 Å². The van der Waals surface area contributed by atoms with E-state index in [0.717, 1.165) is 30.0 Å². The molecule has 4 heterocycles. The summed E-state index contributed by atoms with van der Waals surface area (Å²) in [5.74, 6) is 1.41. The second kappa shape index (κ2) is 11.0.